The van der Waals surface area contributed by atoms with Crippen LogP contribution in [0.4, 0.5) is 0 Å². The number of hydrogen-bond acceptors (Lipinski definition) is 3. The highest BCUT2D eigenvalue weighted by Gasteiger charge is 2.30. The minimum absolute atomic E-state index is 0.200. The van der Waals surface area contributed by atoms with E-state index in [2.05, 4.69) is 0 Å². The van der Waals surface area contributed by atoms with Gasteiger partial charge >= 0.3 is 5.97 Å². The summed E-state index contributed by atoms with van der Waals surface area (Å²) >= 11 is 5.83. The van der Waals surface area contributed by atoms with Crippen LogP contribution in [-0.2, 0) is 9.59 Å². The molecule has 0 aliphatic carbocycles. The zero-order valence-corrected chi connectivity index (χ0v) is 11.6. The number of rotatable bonds is 4. The van der Waals surface area contributed by atoms with Crippen molar-refractivity contribution in [1.29, 1.82) is 0 Å². The van der Waals surface area contributed by atoms with Crippen molar-refractivity contribution in [3.8, 4) is 5.75 Å². The summed E-state index contributed by atoms with van der Waals surface area (Å²) in [6.07, 6.45) is 3.15. The molecule has 0 radical (unpaired) electrons. The van der Waals surface area contributed by atoms with Crippen LogP contribution in [0.25, 0.3) is 0 Å². The molecule has 1 aliphatic heterocycles. The van der Waals surface area contributed by atoms with E-state index in [4.69, 9.17) is 21.4 Å². The van der Waals surface area contributed by atoms with E-state index in [0.717, 1.165) is 5.56 Å². The van der Waals surface area contributed by atoms with Gasteiger partial charge in [-0.3, -0.25) is 4.79 Å². The van der Waals surface area contributed by atoms with Gasteiger partial charge in [0.05, 0.1) is 0 Å². The van der Waals surface area contributed by atoms with Gasteiger partial charge in [-0.15, -0.1) is 0 Å². The van der Waals surface area contributed by atoms with E-state index < -0.39 is 12.0 Å². The first-order valence-electron chi connectivity index (χ1n) is 6.07. The van der Waals surface area contributed by atoms with Crippen LogP contribution in [0.2, 0.25) is 5.02 Å². The molecule has 1 N–H and O–H groups in total. The number of carboxylic acid groups (broad SMARTS) is 1. The van der Waals surface area contributed by atoms with E-state index in [1.165, 1.54) is 11.0 Å². The van der Waals surface area contributed by atoms with E-state index in [1.807, 2.05) is 6.92 Å². The molecule has 1 aromatic carbocycles. The number of amides is 1. The average Bonchev–Trinajstić information content (AvgIpc) is 2.86. The predicted octanol–water partition coefficient (Wildman–Crippen LogP) is 1.88. The summed E-state index contributed by atoms with van der Waals surface area (Å²) in [6, 6.07) is 4.18. The summed E-state index contributed by atoms with van der Waals surface area (Å²) in [5.41, 5.74) is 0.819. The van der Waals surface area contributed by atoms with Gasteiger partial charge in [0.15, 0.2) is 6.61 Å². The van der Waals surface area contributed by atoms with Crippen molar-refractivity contribution in [2.24, 2.45) is 0 Å². The fourth-order valence-electron chi connectivity index (χ4n) is 1.99. The Balaban J connectivity index is 1.97. The van der Waals surface area contributed by atoms with Crippen LogP contribution >= 0.6 is 11.6 Å². The Morgan fingerprint density at radius 2 is 2.25 bits per heavy atom. The van der Waals surface area contributed by atoms with Crippen molar-refractivity contribution < 1.29 is 19.4 Å². The quantitative estimate of drug-likeness (QED) is 0.861. The highest BCUT2D eigenvalue weighted by atomic mass is 35.5. The highest BCUT2D eigenvalue weighted by molar-refractivity contribution is 6.30. The molecule has 0 saturated carbocycles. The van der Waals surface area contributed by atoms with Crippen LogP contribution < -0.4 is 4.74 Å². The molecule has 0 spiro atoms. The number of carbonyl (C=O) groups excluding carboxylic acids is 1. The number of carboxylic acids is 1. The SMILES string of the molecule is Cc1cc(Cl)ccc1OCC(=O)N1CC=CC1C(=O)O. The number of aliphatic carboxylic acids is 1. The van der Waals surface area contributed by atoms with Gasteiger partial charge < -0.3 is 14.7 Å². The normalized spacial score (nSPS) is 17.3. The number of aryl methyl sites for hydroxylation is 1. The van der Waals surface area contributed by atoms with E-state index in [0.29, 0.717) is 17.3 Å². The van der Waals surface area contributed by atoms with E-state index >= 15 is 0 Å². The van der Waals surface area contributed by atoms with Crippen molar-refractivity contribution in [3.63, 3.8) is 0 Å². The summed E-state index contributed by atoms with van der Waals surface area (Å²) in [4.78, 5) is 24.2. The Morgan fingerprint density at radius 3 is 2.90 bits per heavy atom. The minimum atomic E-state index is -1.05. The summed E-state index contributed by atoms with van der Waals surface area (Å²) in [5.74, 6) is -0.853. The zero-order valence-electron chi connectivity index (χ0n) is 10.9. The Kier molecular flexibility index (Phi) is 4.29. The number of halogens is 1. The fourth-order valence-corrected chi connectivity index (χ4v) is 2.22. The molecule has 5 nitrogen and oxygen atoms in total. The molecular weight excluding hydrogens is 282 g/mol. The number of nitrogens with zero attached hydrogens (tertiary/aromatic N) is 1. The lowest BCUT2D eigenvalue weighted by atomic mass is 10.2. The lowest BCUT2D eigenvalue weighted by Gasteiger charge is -2.21. The third-order valence-corrected chi connectivity index (χ3v) is 3.25. The molecule has 1 unspecified atom stereocenters. The summed E-state index contributed by atoms with van der Waals surface area (Å²) in [6.45, 7) is 1.91. The molecule has 0 saturated heterocycles. The molecule has 0 aromatic heterocycles. The summed E-state index contributed by atoms with van der Waals surface area (Å²) < 4.78 is 5.42. The van der Waals surface area contributed by atoms with Crippen LogP contribution in [0, 0.1) is 6.92 Å². The minimum Gasteiger partial charge on any atom is -0.483 e. The maximum atomic E-state index is 12.0. The van der Waals surface area contributed by atoms with Gasteiger partial charge in [-0.2, -0.15) is 0 Å². The van der Waals surface area contributed by atoms with Crippen molar-refractivity contribution in [2.75, 3.05) is 13.2 Å². The number of ether oxygens (including phenoxy) is 1. The molecule has 1 heterocycles. The van der Waals surface area contributed by atoms with Gasteiger partial charge in [0.25, 0.3) is 5.91 Å². The van der Waals surface area contributed by atoms with Crippen molar-refractivity contribution >= 4 is 23.5 Å². The van der Waals surface area contributed by atoms with Crippen molar-refractivity contribution in [3.05, 3.63) is 40.9 Å². The molecule has 2 rings (SSSR count). The van der Waals surface area contributed by atoms with Crippen molar-refractivity contribution in [2.45, 2.75) is 13.0 Å². The topological polar surface area (TPSA) is 66.8 Å². The van der Waals surface area contributed by atoms with Crippen LogP contribution in [-0.4, -0.2) is 41.1 Å². The molecule has 0 bridgehead atoms. The fraction of sp³-hybridized carbons (Fsp3) is 0.286. The predicted molar refractivity (Wildman–Crippen MR) is 74.0 cm³/mol. The van der Waals surface area contributed by atoms with E-state index in [-0.39, 0.29) is 12.5 Å². The van der Waals surface area contributed by atoms with E-state index in [9.17, 15) is 9.59 Å². The molecule has 6 heteroatoms. The average molecular weight is 296 g/mol. The van der Waals surface area contributed by atoms with Gasteiger partial charge in [0, 0.05) is 11.6 Å². The van der Waals surface area contributed by atoms with Crippen LogP contribution in [0.15, 0.2) is 30.4 Å². The van der Waals surface area contributed by atoms with Gasteiger partial charge in [0.1, 0.15) is 11.8 Å². The molecule has 0 fully saturated rings. The van der Waals surface area contributed by atoms with Crippen LogP contribution in [0.3, 0.4) is 0 Å². The highest BCUT2D eigenvalue weighted by Crippen LogP contribution is 2.22. The maximum Gasteiger partial charge on any atom is 0.330 e. The first-order valence-corrected chi connectivity index (χ1v) is 6.44. The van der Waals surface area contributed by atoms with Crippen molar-refractivity contribution in [1.82, 2.24) is 4.90 Å². The smallest absolute Gasteiger partial charge is 0.330 e. The Hall–Kier alpha value is -2.01. The molecule has 1 aromatic rings. The Morgan fingerprint density at radius 1 is 1.50 bits per heavy atom. The van der Waals surface area contributed by atoms with E-state index in [1.54, 1.807) is 24.3 Å². The maximum absolute atomic E-state index is 12.0. The van der Waals surface area contributed by atoms with Gasteiger partial charge in [-0.05, 0) is 30.7 Å². The zero-order chi connectivity index (χ0) is 14.7. The number of carbonyl (C=O) groups is 2. The number of benzene rings is 1. The lowest BCUT2D eigenvalue weighted by Crippen LogP contribution is -2.43. The Bertz CT molecular complexity index is 570. The van der Waals surface area contributed by atoms with Gasteiger partial charge in [-0.1, -0.05) is 23.8 Å². The Labute approximate surface area is 121 Å². The van der Waals surface area contributed by atoms with Gasteiger partial charge in [0.2, 0.25) is 0 Å². The largest absolute Gasteiger partial charge is 0.483 e. The summed E-state index contributed by atoms with van der Waals surface area (Å²) in [5, 5.41) is 9.59. The number of hydrogen-bond donors (Lipinski definition) is 1. The second-order valence-corrected chi connectivity index (χ2v) is 4.89. The monoisotopic (exact) mass is 295 g/mol. The molecule has 20 heavy (non-hydrogen) atoms. The summed E-state index contributed by atoms with van der Waals surface area (Å²) in [7, 11) is 0. The van der Waals surface area contributed by atoms with Crippen LogP contribution in [0.5, 0.6) is 5.75 Å². The molecule has 1 aliphatic rings. The second kappa shape index (κ2) is 5.96. The first-order chi connectivity index (χ1) is 9.49. The second-order valence-electron chi connectivity index (χ2n) is 4.46. The van der Waals surface area contributed by atoms with Crippen LogP contribution in [0.1, 0.15) is 5.56 Å². The lowest BCUT2D eigenvalue weighted by molar-refractivity contribution is -0.147. The van der Waals surface area contributed by atoms with Gasteiger partial charge in [-0.25, -0.2) is 4.79 Å². The molecule has 1 amide bonds. The molecule has 1 atom stereocenters. The third kappa shape index (κ3) is 3.11. The molecular formula is C14H14ClNO4. The standard InChI is InChI=1S/C14H14ClNO4/c1-9-7-10(15)4-5-12(9)20-8-13(17)16-6-2-3-11(16)14(18)19/h2-5,7,11H,6,8H2,1H3,(H,18,19). The molecule has 106 valence electrons. The third-order valence-electron chi connectivity index (χ3n) is 3.02. The first kappa shape index (κ1) is 14.4.